The van der Waals surface area contributed by atoms with Crippen LogP contribution in [0.4, 0.5) is 0 Å². The van der Waals surface area contributed by atoms with Crippen molar-refractivity contribution in [3.8, 4) is 0 Å². The van der Waals surface area contributed by atoms with Crippen LogP contribution in [0, 0.1) is 0 Å². The lowest BCUT2D eigenvalue weighted by molar-refractivity contribution is -0.676. The first kappa shape index (κ1) is 13.6. The molecule has 1 aromatic heterocycles. The van der Waals surface area contributed by atoms with Gasteiger partial charge in [0.2, 0.25) is 0 Å². The summed E-state index contributed by atoms with van der Waals surface area (Å²) in [4.78, 5) is 0. The first-order chi connectivity index (χ1) is 7.86. The molecule has 0 bridgehead atoms. The lowest BCUT2D eigenvalue weighted by atomic mass is 10.2. The minimum absolute atomic E-state index is 1.09. The number of hydrogen-bond acceptors (Lipinski definition) is 1. The highest BCUT2D eigenvalue weighted by atomic mass is 32.2. The van der Waals surface area contributed by atoms with Crippen molar-refractivity contribution >= 4 is 11.8 Å². The third-order valence-electron chi connectivity index (χ3n) is 2.75. The first-order valence-electron chi connectivity index (χ1n) is 6.42. The number of nitrogens with zero attached hydrogens (tertiary/aromatic N) is 1. The van der Waals surface area contributed by atoms with Crippen LogP contribution in [0.5, 0.6) is 0 Å². The number of rotatable bonds is 8. The average molecular weight is 238 g/mol. The third-order valence-corrected chi connectivity index (χ3v) is 3.81. The van der Waals surface area contributed by atoms with Gasteiger partial charge in [-0.2, -0.15) is 4.57 Å². The maximum absolute atomic E-state index is 2.27. The molecule has 16 heavy (non-hydrogen) atoms. The summed E-state index contributed by atoms with van der Waals surface area (Å²) >= 11 is 2.03. The van der Waals surface area contributed by atoms with Gasteiger partial charge in [0.1, 0.15) is 0 Å². The summed E-state index contributed by atoms with van der Waals surface area (Å²) in [6.07, 6.45) is 11.0. The molecule has 0 aliphatic carbocycles. The third kappa shape index (κ3) is 5.55. The first-order valence-corrected chi connectivity index (χ1v) is 7.58. The Morgan fingerprint density at radius 2 is 1.81 bits per heavy atom. The lowest BCUT2D eigenvalue weighted by Gasteiger charge is -1.99. The molecule has 1 nitrogen and oxygen atoms in total. The molecule has 0 saturated carbocycles. The van der Waals surface area contributed by atoms with Crippen LogP contribution in [-0.4, -0.2) is 5.75 Å². The van der Waals surface area contributed by atoms with Gasteiger partial charge in [0.15, 0.2) is 18.3 Å². The largest absolute Gasteiger partial charge is 0.195 e. The Morgan fingerprint density at radius 3 is 2.44 bits per heavy atom. The van der Waals surface area contributed by atoms with Gasteiger partial charge in [-0.25, -0.2) is 0 Å². The van der Waals surface area contributed by atoms with Gasteiger partial charge in [-0.05, 0) is 24.2 Å². The monoisotopic (exact) mass is 238 g/mol. The molecule has 0 unspecified atom stereocenters. The van der Waals surface area contributed by atoms with Gasteiger partial charge in [-0.3, -0.25) is 0 Å². The van der Waals surface area contributed by atoms with Crippen LogP contribution in [0.25, 0.3) is 0 Å². The highest BCUT2D eigenvalue weighted by molar-refractivity contribution is 7.98. The topological polar surface area (TPSA) is 3.88 Å². The molecular weight excluding hydrogens is 214 g/mol. The fraction of sp³-hybridized carbons (Fsp3) is 0.643. The van der Waals surface area contributed by atoms with Crippen LogP contribution in [-0.2, 0) is 12.3 Å². The fourth-order valence-electron chi connectivity index (χ4n) is 1.61. The van der Waals surface area contributed by atoms with Gasteiger partial charge in [0.05, 0.1) is 0 Å². The fourth-order valence-corrected chi connectivity index (χ4v) is 2.53. The summed E-state index contributed by atoms with van der Waals surface area (Å²) < 4.78 is 2.27. The highest BCUT2D eigenvalue weighted by Gasteiger charge is 1.99. The molecule has 0 fully saturated rings. The van der Waals surface area contributed by atoms with E-state index in [1.165, 1.54) is 37.0 Å². The Bertz CT molecular complexity index is 269. The number of aromatic nitrogens is 1. The second-order valence-electron chi connectivity index (χ2n) is 4.17. The zero-order valence-electron chi connectivity index (χ0n) is 10.6. The van der Waals surface area contributed by atoms with E-state index in [0.29, 0.717) is 0 Å². The summed E-state index contributed by atoms with van der Waals surface area (Å²) in [6.45, 7) is 4.46. The van der Waals surface area contributed by atoms with Gasteiger partial charge in [-0.1, -0.05) is 44.9 Å². The standard InChI is InChI=1S/C14H24NS/c1-3-5-6-7-12-16-13-15-10-8-14(4-2)9-11-15/h8-11H,3-7,12-13H2,1-2H3/q+1. The molecule has 0 spiro atoms. The second-order valence-corrected chi connectivity index (χ2v) is 5.25. The number of unbranched alkanes of at least 4 members (excludes halogenated alkanes) is 3. The molecule has 0 radical (unpaired) electrons. The van der Waals surface area contributed by atoms with Crippen molar-refractivity contribution in [2.45, 2.75) is 51.8 Å². The van der Waals surface area contributed by atoms with E-state index in [0.717, 1.165) is 12.3 Å². The van der Waals surface area contributed by atoms with E-state index in [4.69, 9.17) is 0 Å². The Labute approximate surface area is 104 Å². The number of aryl methyl sites for hydroxylation is 1. The Morgan fingerprint density at radius 1 is 1.06 bits per heavy atom. The minimum atomic E-state index is 1.09. The summed E-state index contributed by atoms with van der Waals surface area (Å²) in [5.41, 5.74) is 1.42. The minimum Gasteiger partial charge on any atom is -0.195 e. The molecule has 90 valence electrons. The van der Waals surface area contributed by atoms with Crippen LogP contribution in [0.3, 0.4) is 0 Å². The predicted molar refractivity (Wildman–Crippen MR) is 72.6 cm³/mol. The van der Waals surface area contributed by atoms with Crippen LogP contribution in [0.1, 0.15) is 45.1 Å². The molecule has 0 aromatic carbocycles. The van der Waals surface area contributed by atoms with E-state index in [1.807, 2.05) is 11.8 Å². The molecule has 0 amide bonds. The van der Waals surface area contributed by atoms with Crippen LogP contribution in [0.2, 0.25) is 0 Å². The van der Waals surface area contributed by atoms with E-state index in [2.05, 4.69) is 42.9 Å². The molecule has 2 heteroatoms. The second kappa shape index (κ2) is 8.63. The van der Waals surface area contributed by atoms with Gasteiger partial charge >= 0.3 is 0 Å². The van der Waals surface area contributed by atoms with E-state index in [-0.39, 0.29) is 0 Å². The Kier molecular flexibility index (Phi) is 7.32. The lowest BCUT2D eigenvalue weighted by Crippen LogP contribution is -2.31. The SMILES string of the molecule is CCCCCCSC[n+]1ccc(CC)cc1. The van der Waals surface area contributed by atoms with Crippen molar-refractivity contribution in [2.24, 2.45) is 0 Å². The normalized spacial score (nSPS) is 10.6. The quantitative estimate of drug-likeness (QED) is 0.492. The van der Waals surface area contributed by atoms with Crippen LogP contribution in [0.15, 0.2) is 24.5 Å². The molecular formula is C14H24NS+. The van der Waals surface area contributed by atoms with Crippen LogP contribution < -0.4 is 4.57 Å². The summed E-state index contributed by atoms with van der Waals surface area (Å²) in [6, 6.07) is 4.44. The molecule has 1 heterocycles. The van der Waals surface area contributed by atoms with E-state index in [9.17, 15) is 0 Å². The highest BCUT2D eigenvalue weighted by Crippen LogP contribution is 2.07. The average Bonchev–Trinajstić information content (AvgIpc) is 2.34. The predicted octanol–water partition coefficient (Wildman–Crippen LogP) is 3.81. The molecule has 0 atom stereocenters. The Balaban J connectivity index is 2.12. The van der Waals surface area contributed by atoms with Crippen LogP contribution >= 0.6 is 11.8 Å². The van der Waals surface area contributed by atoms with E-state index < -0.39 is 0 Å². The number of pyridine rings is 1. The van der Waals surface area contributed by atoms with Gasteiger partial charge in [0.25, 0.3) is 0 Å². The molecule has 0 N–H and O–H groups in total. The van der Waals surface area contributed by atoms with Crippen molar-refractivity contribution in [3.05, 3.63) is 30.1 Å². The summed E-state index contributed by atoms with van der Waals surface area (Å²) in [5, 5.41) is 0. The zero-order valence-corrected chi connectivity index (χ0v) is 11.4. The number of thioether (sulfide) groups is 1. The van der Waals surface area contributed by atoms with Crippen molar-refractivity contribution in [3.63, 3.8) is 0 Å². The summed E-state index contributed by atoms with van der Waals surface area (Å²) in [5.74, 6) is 2.39. The van der Waals surface area contributed by atoms with Crippen molar-refractivity contribution in [1.29, 1.82) is 0 Å². The molecule has 0 aliphatic heterocycles. The van der Waals surface area contributed by atoms with Gasteiger partial charge < -0.3 is 0 Å². The van der Waals surface area contributed by atoms with Crippen molar-refractivity contribution < 1.29 is 4.57 Å². The number of hydrogen-bond donors (Lipinski definition) is 0. The molecule has 1 aromatic rings. The van der Waals surface area contributed by atoms with E-state index >= 15 is 0 Å². The van der Waals surface area contributed by atoms with Crippen molar-refractivity contribution in [2.75, 3.05) is 5.75 Å². The Hall–Kier alpha value is -0.500. The molecule has 1 rings (SSSR count). The maximum Gasteiger partial charge on any atom is 0.194 e. The maximum atomic E-state index is 2.27. The smallest absolute Gasteiger partial charge is 0.194 e. The molecule has 0 aliphatic rings. The molecule has 0 saturated heterocycles. The van der Waals surface area contributed by atoms with Gasteiger partial charge in [-0.15, -0.1) is 0 Å². The van der Waals surface area contributed by atoms with E-state index in [1.54, 1.807) is 0 Å². The summed E-state index contributed by atoms with van der Waals surface area (Å²) in [7, 11) is 0. The van der Waals surface area contributed by atoms with Crippen molar-refractivity contribution in [1.82, 2.24) is 0 Å². The van der Waals surface area contributed by atoms with Gasteiger partial charge in [0, 0.05) is 12.1 Å². The zero-order chi connectivity index (χ0) is 11.6.